The summed E-state index contributed by atoms with van der Waals surface area (Å²) in [6.45, 7) is 18.1. The number of aliphatic hydroxyl groups is 4. The van der Waals surface area contributed by atoms with Crippen molar-refractivity contribution in [1.82, 2.24) is 0 Å². The van der Waals surface area contributed by atoms with Gasteiger partial charge in [-0.05, 0) is 52.5 Å². The van der Waals surface area contributed by atoms with Crippen LogP contribution in [-0.4, -0.2) is 131 Å². The quantitative estimate of drug-likeness (QED) is 0.0430. The van der Waals surface area contributed by atoms with E-state index in [9.17, 15) is 34.8 Å². The van der Waals surface area contributed by atoms with Gasteiger partial charge < -0.3 is 64.1 Å². The van der Waals surface area contributed by atoms with E-state index in [4.69, 9.17) is 50.1 Å². The number of carbonyl (C=O) groups is 3. The van der Waals surface area contributed by atoms with Crippen molar-refractivity contribution in [1.29, 1.82) is 0 Å². The number of allylic oxidation sites excluding steroid dienone is 6. The Morgan fingerprint density at radius 2 is 1.76 bits per heavy atom. The van der Waals surface area contributed by atoms with E-state index in [0.29, 0.717) is 37.7 Å². The molecule has 0 saturated carbocycles. The molecular formula is C54H83N3O15. The second kappa shape index (κ2) is 27.2. The third-order valence-electron chi connectivity index (χ3n) is 14.8. The van der Waals surface area contributed by atoms with Crippen LogP contribution in [0.3, 0.4) is 0 Å². The zero-order valence-electron chi connectivity index (χ0n) is 44.3. The average molecular weight is 1010 g/mol. The molecule has 0 aliphatic carbocycles. The highest BCUT2D eigenvalue weighted by Crippen LogP contribution is 2.43. The summed E-state index contributed by atoms with van der Waals surface area (Å²) in [5.41, 5.74) is 6.27. The standard InChI is InChI=1S/C54H83N3O15/c1-14-17-23-53(56-57-53)24-22-44(58)68-41-28-45(67-37(11)50(41)71-52(55)63)69-43-29-54(64,72-39(19-15-2)34(43)8)36(10)48(61)35(9)49-40(65-12)21-18-20-30(4)25-32(6)46(59)38(16-3)47(60)33(7)26-31(5)27-42(66-13)51(62)70-49/h1,15,18-21,26-27,32-41,43,45-50,59-61,64H,16-17,22-25,28-29H2,2-13H3,(H2,55,63)/b19-15+,21-18+,30-20+,31-26+,42-27-/t32-,33-,34-,35+,36+,37+,38+,39-,40+,41+,43-,45-,46+,47-,48-,49-,50+,54-/m1/s1. The number of esters is 2. The number of primary amides is 1. The fourth-order valence-corrected chi connectivity index (χ4v) is 10.2. The summed E-state index contributed by atoms with van der Waals surface area (Å²) >= 11 is 0. The van der Waals surface area contributed by atoms with Crippen LogP contribution >= 0.6 is 0 Å². The molecule has 0 aromatic carbocycles. The van der Waals surface area contributed by atoms with Crippen LogP contribution in [-0.2, 0) is 47.5 Å². The van der Waals surface area contributed by atoms with Gasteiger partial charge in [-0.2, -0.15) is 10.2 Å². The number of amides is 1. The minimum absolute atomic E-state index is 0.0268. The van der Waals surface area contributed by atoms with Crippen LogP contribution in [0, 0.1) is 47.9 Å². The van der Waals surface area contributed by atoms with Crippen LogP contribution in [0.25, 0.3) is 0 Å². The molecule has 0 unspecified atom stereocenters. The number of terminal acetylenes is 1. The van der Waals surface area contributed by atoms with Crippen LogP contribution in [0.4, 0.5) is 4.79 Å². The minimum atomic E-state index is -2.04. The van der Waals surface area contributed by atoms with E-state index in [0.717, 1.165) is 5.57 Å². The Labute approximate surface area is 426 Å². The van der Waals surface area contributed by atoms with Crippen molar-refractivity contribution in [3.8, 4) is 12.3 Å². The SMILES string of the molecule is C#CCCC1(CCC(=O)O[C@H]2C[C@@H](O[C@@H]3C[C@](O)([C@@H](C)[C@H](O)[C@H](C)[C@H]4OC(=O)/C(OC)=C/C(C)=C/[C@@H](C)[C@@H](O)[C@@H](CC)[C@@H](O)[C@H](C)C/C(C)=C/C=C/[C@@H]4OC)O[C@H](/C=C/C)[C@H]3C)O[C@@H](C)[C@@H]2OC(N)=O)N=N1. The van der Waals surface area contributed by atoms with Crippen LogP contribution in [0.1, 0.15) is 121 Å². The van der Waals surface area contributed by atoms with E-state index >= 15 is 0 Å². The maximum Gasteiger partial charge on any atom is 0.404 e. The van der Waals surface area contributed by atoms with Gasteiger partial charge in [0.15, 0.2) is 23.8 Å². The number of hydrogen-bond acceptors (Lipinski definition) is 17. The van der Waals surface area contributed by atoms with Gasteiger partial charge in [0.25, 0.3) is 0 Å². The molecule has 0 bridgehead atoms. The highest BCUT2D eigenvalue weighted by molar-refractivity contribution is 5.87. The largest absolute Gasteiger partial charge is 0.490 e. The topological polar surface area (TPSA) is 257 Å². The number of carbonyl (C=O) groups excluding carboxylic acids is 3. The van der Waals surface area contributed by atoms with Gasteiger partial charge in [-0.15, -0.1) is 12.3 Å². The van der Waals surface area contributed by atoms with Crippen molar-refractivity contribution in [2.45, 2.75) is 199 Å². The van der Waals surface area contributed by atoms with Gasteiger partial charge in [-0.3, -0.25) is 4.79 Å². The van der Waals surface area contributed by atoms with E-state index in [1.54, 1.807) is 52.0 Å². The van der Waals surface area contributed by atoms with Crippen LogP contribution in [0.15, 0.2) is 69.7 Å². The van der Waals surface area contributed by atoms with Gasteiger partial charge in [-0.25, -0.2) is 9.59 Å². The van der Waals surface area contributed by atoms with E-state index < -0.39 is 115 Å². The molecule has 0 aromatic rings. The Kier molecular flexibility index (Phi) is 22.7. The maximum atomic E-state index is 14.1. The number of cyclic esters (lactones) is 1. The van der Waals surface area contributed by atoms with Crippen molar-refractivity contribution in [2.75, 3.05) is 14.2 Å². The number of methoxy groups -OCH3 is 2. The lowest BCUT2D eigenvalue weighted by atomic mass is 9.77. The summed E-state index contributed by atoms with van der Waals surface area (Å²) in [6.07, 6.45) is 8.19. The summed E-state index contributed by atoms with van der Waals surface area (Å²) in [7, 11) is 2.80. The second-order valence-corrected chi connectivity index (χ2v) is 20.3. The van der Waals surface area contributed by atoms with Gasteiger partial charge in [0.2, 0.25) is 5.76 Å². The van der Waals surface area contributed by atoms with Gasteiger partial charge in [0, 0.05) is 75.2 Å². The molecule has 2 saturated heterocycles. The van der Waals surface area contributed by atoms with E-state index in [-0.39, 0.29) is 42.8 Å². The van der Waals surface area contributed by atoms with E-state index in [1.165, 1.54) is 20.3 Å². The van der Waals surface area contributed by atoms with Crippen LogP contribution in [0.5, 0.6) is 0 Å². The third kappa shape index (κ3) is 16.0. The third-order valence-corrected chi connectivity index (χ3v) is 14.8. The fraction of sp³-hybridized carbons (Fsp3) is 0.722. The number of ether oxygens (including phenoxy) is 8. The molecule has 4 heterocycles. The van der Waals surface area contributed by atoms with Gasteiger partial charge in [0.1, 0.15) is 18.3 Å². The summed E-state index contributed by atoms with van der Waals surface area (Å²) in [5.74, 6) is -4.34. The molecule has 404 valence electrons. The minimum Gasteiger partial charge on any atom is -0.490 e. The zero-order valence-corrected chi connectivity index (χ0v) is 44.3. The van der Waals surface area contributed by atoms with E-state index in [1.807, 2.05) is 53.7 Å². The molecule has 0 spiro atoms. The van der Waals surface area contributed by atoms with Crippen LogP contribution in [0.2, 0.25) is 0 Å². The molecule has 18 heteroatoms. The highest BCUT2D eigenvalue weighted by atomic mass is 16.7. The molecular weight excluding hydrogens is 931 g/mol. The first-order valence-electron chi connectivity index (χ1n) is 25.4. The number of nitrogens with zero attached hydrogens (tertiary/aromatic N) is 2. The Bertz CT molecular complexity index is 2040. The molecule has 72 heavy (non-hydrogen) atoms. The van der Waals surface area contributed by atoms with Gasteiger partial charge in [-0.1, -0.05) is 89.1 Å². The molecule has 18 nitrogen and oxygen atoms in total. The fourth-order valence-electron chi connectivity index (χ4n) is 10.2. The Balaban J connectivity index is 1.63. The van der Waals surface area contributed by atoms with Gasteiger partial charge in [0.05, 0.1) is 43.7 Å². The molecule has 0 aromatic heterocycles. The van der Waals surface area contributed by atoms with Crippen molar-refractivity contribution in [3.05, 3.63) is 59.4 Å². The Morgan fingerprint density at radius 3 is 2.36 bits per heavy atom. The number of aliphatic hydroxyl groups excluding tert-OH is 3. The maximum absolute atomic E-state index is 14.1. The first kappa shape index (κ1) is 60.1. The average Bonchev–Trinajstić information content (AvgIpc) is 4.11. The van der Waals surface area contributed by atoms with Crippen LogP contribution < -0.4 is 5.73 Å². The summed E-state index contributed by atoms with van der Waals surface area (Å²) in [4.78, 5) is 39.3. The molecule has 1 amide bonds. The number of hydrogen-bond donors (Lipinski definition) is 5. The summed E-state index contributed by atoms with van der Waals surface area (Å²) in [6, 6.07) is 0. The second-order valence-electron chi connectivity index (χ2n) is 20.3. The monoisotopic (exact) mass is 1010 g/mol. The molecule has 4 rings (SSSR count). The first-order valence-corrected chi connectivity index (χ1v) is 25.4. The van der Waals surface area contributed by atoms with E-state index in [2.05, 4.69) is 16.1 Å². The predicted octanol–water partition coefficient (Wildman–Crippen LogP) is 6.89. The lowest BCUT2D eigenvalue weighted by Gasteiger charge is -2.50. The molecule has 6 N–H and O–H groups in total. The van der Waals surface area contributed by atoms with Crippen molar-refractivity contribution in [3.63, 3.8) is 0 Å². The number of nitrogens with two attached hydrogens (primary N) is 1. The zero-order chi connectivity index (χ0) is 53.7. The smallest absolute Gasteiger partial charge is 0.404 e. The lowest BCUT2D eigenvalue weighted by molar-refractivity contribution is -0.339. The molecule has 0 radical (unpaired) electrons. The normalized spacial score (nSPS) is 38.6. The molecule has 4 aliphatic rings. The molecule has 2 fully saturated rings. The lowest BCUT2D eigenvalue weighted by Crippen LogP contribution is -2.59. The first-order chi connectivity index (χ1) is 34.0. The van der Waals surface area contributed by atoms with Crippen molar-refractivity contribution >= 4 is 18.0 Å². The molecule has 4 aliphatic heterocycles. The highest BCUT2D eigenvalue weighted by Gasteiger charge is 2.53. The Hall–Kier alpha value is -4.45. The molecule has 18 atom stereocenters. The summed E-state index contributed by atoms with van der Waals surface area (Å²) < 4.78 is 48.3. The summed E-state index contributed by atoms with van der Waals surface area (Å²) in [5, 5.41) is 56.0. The number of rotatable bonds is 17. The van der Waals surface area contributed by atoms with Gasteiger partial charge >= 0.3 is 18.0 Å². The Morgan fingerprint density at radius 1 is 1.07 bits per heavy atom. The van der Waals surface area contributed by atoms with Crippen molar-refractivity contribution < 1.29 is 72.7 Å². The predicted molar refractivity (Wildman–Crippen MR) is 267 cm³/mol. The van der Waals surface area contributed by atoms with Crippen molar-refractivity contribution in [2.24, 2.45) is 51.5 Å².